The van der Waals surface area contributed by atoms with Crippen LogP contribution in [0.15, 0.2) is 69.5 Å². The smallest absolute Gasteiger partial charge is 0.230 e. The zero-order valence-corrected chi connectivity index (χ0v) is 18.9. The van der Waals surface area contributed by atoms with E-state index in [1.165, 1.54) is 0 Å². The van der Waals surface area contributed by atoms with Crippen LogP contribution in [-0.2, 0) is 14.6 Å². The minimum Gasteiger partial charge on any atom is -0.353 e. The van der Waals surface area contributed by atoms with Crippen LogP contribution in [0, 0.1) is 6.92 Å². The van der Waals surface area contributed by atoms with E-state index in [1.54, 1.807) is 30.3 Å². The summed E-state index contributed by atoms with van der Waals surface area (Å²) in [4.78, 5) is 20.1. The van der Waals surface area contributed by atoms with Crippen molar-refractivity contribution in [2.45, 2.75) is 53.6 Å². The molecule has 1 heterocycles. The number of rotatable bonds is 7. The van der Waals surface area contributed by atoms with E-state index in [9.17, 15) is 13.2 Å². The zero-order valence-electron chi connectivity index (χ0n) is 17.3. The molecule has 0 atom stereocenters. The highest BCUT2D eigenvalue weighted by atomic mass is 32.2. The number of imidazole rings is 1. The van der Waals surface area contributed by atoms with Crippen molar-refractivity contribution in [3.63, 3.8) is 0 Å². The van der Waals surface area contributed by atoms with Gasteiger partial charge in [0.2, 0.25) is 15.7 Å². The summed E-state index contributed by atoms with van der Waals surface area (Å²) in [5.74, 6) is 0.486. The van der Waals surface area contributed by atoms with Crippen molar-refractivity contribution < 1.29 is 13.2 Å². The molecular weight excluding hydrogens is 430 g/mol. The Hall–Kier alpha value is -2.58. The molecule has 1 aliphatic rings. The molecule has 31 heavy (non-hydrogen) atoms. The summed E-state index contributed by atoms with van der Waals surface area (Å²) in [5, 5.41) is 3.36. The first-order valence-electron chi connectivity index (χ1n) is 10.3. The Labute approximate surface area is 186 Å². The maximum absolute atomic E-state index is 13.3. The van der Waals surface area contributed by atoms with Gasteiger partial charge in [0.05, 0.1) is 10.6 Å². The van der Waals surface area contributed by atoms with E-state index in [4.69, 9.17) is 0 Å². The molecule has 1 fully saturated rings. The van der Waals surface area contributed by atoms with Crippen LogP contribution in [0.5, 0.6) is 0 Å². The largest absolute Gasteiger partial charge is 0.353 e. The van der Waals surface area contributed by atoms with E-state index in [1.807, 2.05) is 31.2 Å². The highest BCUT2D eigenvalue weighted by molar-refractivity contribution is 8.00. The number of nitrogens with zero attached hydrogens (tertiary/aromatic N) is 1. The molecule has 8 heteroatoms. The van der Waals surface area contributed by atoms with Crippen LogP contribution >= 0.6 is 11.8 Å². The Morgan fingerprint density at radius 3 is 2.45 bits per heavy atom. The molecule has 2 aromatic carbocycles. The van der Waals surface area contributed by atoms with Gasteiger partial charge in [-0.15, -0.1) is 0 Å². The van der Waals surface area contributed by atoms with Crippen LogP contribution < -0.4 is 5.32 Å². The van der Waals surface area contributed by atoms with Crippen LogP contribution in [0.3, 0.4) is 0 Å². The van der Waals surface area contributed by atoms with Gasteiger partial charge in [-0.25, -0.2) is 13.4 Å². The predicted molar refractivity (Wildman–Crippen MR) is 122 cm³/mol. The molecule has 1 amide bonds. The third kappa shape index (κ3) is 5.02. The summed E-state index contributed by atoms with van der Waals surface area (Å²) in [6.07, 6.45) is 4.28. The fourth-order valence-electron chi connectivity index (χ4n) is 3.66. The molecule has 162 valence electrons. The number of aromatic amines is 1. The summed E-state index contributed by atoms with van der Waals surface area (Å²) < 4.78 is 26.6. The molecule has 0 aliphatic heterocycles. The van der Waals surface area contributed by atoms with Crippen molar-refractivity contribution in [2.24, 2.45) is 0 Å². The van der Waals surface area contributed by atoms with E-state index in [-0.39, 0.29) is 27.6 Å². The zero-order chi connectivity index (χ0) is 21.8. The van der Waals surface area contributed by atoms with Crippen LogP contribution in [0.1, 0.15) is 31.2 Å². The standard InChI is InChI=1S/C23H25N3O3S2/c1-16-11-13-17(14-12-16)21-25-22(30-15-20(27)24-18-7-5-6-8-18)23(26-21)31(28,29)19-9-3-2-4-10-19/h2-4,9-14,18H,5-8,15H2,1H3,(H,24,27)(H,25,26). The Balaban J connectivity index is 1.63. The van der Waals surface area contributed by atoms with Crippen LogP contribution in [0.2, 0.25) is 0 Å². The molecule has 6 nitrogen and oxygen atoms in total. The van der Waals surface area contributed by atoms with Gasteiger partial charge in [0, 0.05) is 11.6 Å². The topological polar surface area (TPSA) is 91.9 Å². The summed E-state index contributed by atoms with van der Waals surface area (Å²) in [7, 11) is -3.81. The minimum absolute atomic E-state index is 0.0212. The number of aromatic nitrogens is 2. The van der Waals surface area contributed by atoms with Gasteiger partial charge in [-0.3, -0.25) is 4.79 Å². The summed E-state index contributed by atoms with van der Waals surface area (Å²) >= 11 is 1.15. The predicted octanol–water partition coefficient (Wildman–Crippen LogP) is 4.37. The molecule has 0 bridgehead atoms. The molecule has 1 saturated carbocycles. The summed E-state index contributed by atoms with van der Waals surface area (Å²) in [5.41, 5.74) is 1.89. The number of thioether (sulfide) groups is 1. The van der Waals surface area contributed by atoms with Gasteiger partial charge >= 0.3 is 0 Å². The molecule has 0 spiro atoms. The first-order valence-corrected chi connectivity index (χ1v) is 12.8. The fourth-order valence-corrected chi connectivity index (χ4v) is 6.11. The van der Waals surface area contributed by atoms with Gasteiger partial charge in [0.25, 0.3) is 0 Å². The van der Waals surface area contributed by atoms with E-state index in [0.29, 0.717) is 10.9 Å². The number of H-pyrrole nitrogens is 1. The molecule has 1 aromatic heterocycles. The van der Waals surface area contributed by atoms with Gasteiger partial charge in [-0.05, 0) is 31.9 Å². The first kappa shape index (κ1) is 21.6. The molecule has 0 saturated heterocycles. The first-order chi connectivity index (χ1) is 14.9. The van der Waals surface area contributed by atoms with Gasteiger partial charge in [-0.1, -0.05) is 72.6 Å². The van der Waals surface area contributed by atoms with E-state index >= 15 is 0 Å². The van der Waals surface area contributed by atoms with E-state index < -0.39 is 9.84 Å². The van der Waals surface area contributed by atoms with Gasteiger partial charge in [0.15, 0.2) is 5.03 Å². The van der Waals surface area contributed by atoms with Gasteiger partial charge < -0.3 is 10.3 Å². The molecular formula is C23H25N3O3S2. The third-order valence-electron chi connectivity index (χ3n) is 5.35. The molecule has 2 N–H and O–H groups in total. The molecule has 0 unspecified atom stereocenters. The second-order valence-electron chi connectivity index (χ2n) is 7.74. The highest BCUT2D eigenvalue weighted by Crippen LogP contribution is 2.32. The Morgan fingerprint density at radius 1 is 1.10 bits per heavy atom. The number of benzene rings is 2. The lowest BCUT2D eigenvalue weighted by Crippen LogP contribution is -2.33. The third-order valence-corrected chi connectivity index (χ3v) is 8.18. The second kappa shape index (κ2) is 9.28. The van der Waals surface area contributed by atoms with Crippen molar-refractivity contribution in [1.29, 1.82) is 0 Å². The Bertz CT molecular complexity index is 1150. The highest BCUT2D eigenvalue weighted by Gasteiger charge is 2.27. The van der Waals surface area contributed by atoms with E-state index in [2.05, 4.69) is 15.3 Å². The summed E-state index contributed by atoms with van der Waals surface area (Å²) in [6.45, 7) is 1.99. The van der Waals surface area contributed by atoms with Crippen molar-refractivity contribution in [3.8, 4) is 11.4 Å². The van der Waals surface area contributed by atoms with Crippen molar-refractivity contribution in [1.82, 2.24) is 15.3 Å². The maximum atomic E-state index is 13.3. The molecule has 3 aromatic rings. The fraction of sp³-hybridized carbons (Fsp3) is 0.304. The van der Waals surface area contributed by atoms with Crippen LogP contribution in [0.4, 0.5) is 0 Å². The van der Waals surface area contributed by atoms with Gasteiger partial charge in [-0.2, -0.15) is 0 Å². The average molecular weight is 456 g/mol. The lowest BCUT2D eigenvalue weighted by atomic mass is 10.1. The average Bonchev–Trinajstić information content (AvgIpc) is 3.44. The Morgan fingerprint density at radius 2 is 1.77 bits per heavy atom. The lowest BCUT2D eigenvalue weighted by molar-refractivity contribution is -0.119. The number of hydrogen-bond donors (Lipinski definition) is 2. The number of carbonyl (C=O) groups is 1. The summed E-state index contributed by atoms with van der Waals surface area (Å²) in [6, 6.07) is 16.2. The number of amides is 1. The number of carbonyl (C=O) groups excluding carboxylic acids is 1. The maximum Gasteiger partial charge on any atom is 0.230 e. The van der Waals surface area contributed by atoms with Crippen molar-refractivity contribution >= 4 is 27.5 Å². The van der Waals surface area contributed by atoms with Gasteiger partial charge in [0.1, 0.15) is 10.9 Å². The quantitative estimate of drug-likeness (QED) is 0.516. The number of sulfone groups is 1. The second-order valence-corrected chi connectivity index (χ2v) is 10.6. The van der Waals surface area contributed by atoms with Crippen LogP contribution in [-0.4, -0.2) is 36.1 Å². The SMILES string of the molecule is Cc1ccc(-c2nc(SCC(=O)NC3CCCC3)c(S(=O)(=O)c3ccccc3)[nH]2)cc1. The molecule has 1 aliphatic carbocycles. The van der Waals surface area contributed by atoms with Crippen molar-refractivity contribution in [3.05, 3.63) is 60.2 Å². The lowest BCUT2D eigenvalue weighted by Gasteiger charge is -2.11. The molecule has 0 radical (unpaired) electrons. The minimum atomic E-state index is -3.81. The Kier molecular flexibility index (Phi) is 6.48. The number of nitrogens with one attached hydrogen (secondary N) is 2. The van der Waals surface area contributed by atoms with Crippen LogP contribution in [0.25, 0.3) is 11.4 Å². The normalized spacial score (nSPS) is 14.6. The van der Waals surface area contributed by atoms with Crippen molar-refractivity contribution in [2.75, 3.05) is 5.75 Å². The monoisotopic (exact) mass is 455 g/mol. The number of hydrogen-bond acceptors (Lipinski definition) is 5. The number of aryl methyl sites for hydroxylation is 1. The molecule has 4 rings (SSSR count). The van der Waals surface area contributed by atoms with E-state index in [0.717, 1.165) is 48.6 Å².